The van der Waals surface area contributed by atoms with Gasteiger partial charge in [-0.2, -0.15) is 4.31 Å². The topological polar surface area (TPSA) is 57.7 Å². The minimum atomic E-state index is -3.55. The van der Waals surface area contributed by atoms with Crippen LogP contribution in [0.15, 0.2) is 51.8 Å². The van der Waals surface area contributed by atoms with Gasteiger partial charge in [0, 0.05) is 36.2 Å². The molecule has 28 heavy (non-hydrogen) atoms. The summed E-state index contributed by atoms with van der Waals surface area (Å²) in [6, 6.07) is 12.7. The van der Waals surface area contributed by atoms with Crippen LogP contribution in [0.1, 0.15) is 34.3 Å². The Labute approximate surface area is 174 Å². The maximum absolute atomic E-state index is 12.9. The maximum atomic E-state index is 12.9. The van der Waals surface area contributed by atoms with Crippen molar-refractivity contribution in [3.8, 4) is 0 Å². The van der Waals surface area contributed by atoms with Crippen LogP contribution < -0.4 is 0 Å². The summed E-state index contributed by atoms with van der Waals surface area (Å²) in [7, 11) is -3.55. The first-order valence-corrected chi connectivity index (χ1v) is 11.9. The zero-order chi connectivity index (χ0) is 19.7. The average molecular weight is 463 g/mol. The second-order valence-corrected chi connectivity index (χ2v) is 10.2. The number of rotatable bonds is 3. The normalized spacial score (nSPS) is 18.0. The summed E-state index contributed by atoms with van der Waals surface area (Å²) in [5, 5.41) is 0. The fraction of sp³-hybridized carbons (Fsp3) is 0.381. The van der Waals surface area contributed by atoms with E-state index in [9.17, 15) is 13.2 Å². The summed E-state index contributed by atoms with van der Waals surface area (Å²) < 4.78 is 27.9. The van der Waals surface area contributed by atoms with Gasteiger partial charge in [-0.25, -0.2) is 8.42 Å². The molecule has 148 valence electrons. The average Bonchev–Trinajstić information content (AvgIpc) is 2.73. The van der Waals surface area contributed by atoms with E-state index in [1.54, 1.807) is 29.2 Å². The van der Waals surface area contributed by atoms with E-state index in [0.717, 1.165) is 17.3 Å². The molecule has 1 aliphatic heterocycles. The molecule has 0 atom stereocenters. The van der Waals surface area contributed by atoms with Gasteiger partial charge in [-0.15, -0.1) is 0 Å². The number of benzene rings is 2. The van der Waals surface area contributed by atoms with Crippen molar-refractivity contribution in [3.05, 3.63) is 63.6 Å². The molecular formula is C21H23BrN2O3S. The summed E-state index contributed by atoms with van der Waals surface area (Å²) in [5.41, 5.74) is 3.35. The third kappa shape index (κ3) is 3.88. The van der Waals surface area contributed by atoms with Gasteiger partial charge < -0.3 is 4.90 Å². The summed E-state index contributed by atoms with van der Waals surface area (Å²) in [6.07, 6.45) is 4.52. The van der Waals surface area contributed by atoms with Crippen molar-refractivity contribution >= 4 is 31.9 Å². The van der Waals surface area contributed by atoms with Gasteiger partial charge in [-0.05, 0) is 67.1 Å². The molecule has 1 aliphatic carbocycles. The maximum Gasteiger partial charge on any atom is 0.253 e. The van der Waals surface area contributed by atoms with E-state index in [1.807, 2.05) is 12.1 Å². The van der Waals surface area contributed by atoms with Crippen molar-refractivity contribution in [2.45, 2.75) is 30.6 Å². The standard InChI is InChI=1S/C21H23BrN2O3S/c22-19-6-3-7-20(15-19)28(26,27)24-12-10-23(11-13-24)21(25)18-9-8-16-4-1-2-5-17(16)14-18/h3,6-9,14-15H,1-2,4-5,10-13H2. The van der Waals surface area contributed by atoms with E-state index in [4.69, 9.17) is 0 Å². The van der Waals surface area contributed by atoms with Crippen LogP contribution in [0, 0.1) is 0 Å². The van der Waals surface area contributed by atoms with Gasteiger partial charge in [0.2, 0.25) is 10.0 Å². The van der Waals surface area contributed by atoms with Crippen molar-refractivity contribution in [3.63, 3.8) is 0 Å². The second kappa shape index (κ2) is 7.97. The molecule has 1 heterocycles. The fourth-order valence-corrected chi connectivity index (χ4v) is 5.98. The highest BCUT2D eigenvalue weighted by Gasteiger charge is 2.30. The lowest BCUT2D eigenvalue weighted by Gasteiger charge is -2.34. The number of halogens is 1. The number of piperazine rings is 1. The highest BCUT2D eigenvalue weighted by molar-refractivity contribution is 9.10. The molecule has 1 fully saturated rings. The van der Waals surface area contributed by atoms with Gasteiger partial charge in [0.15, 0.2) is 0 Å². The lowest BCUT2D eigenvalue weighted by atomic mass is 9.90. The van der Waals surface area contributed by atoms with E-state index < -0.39 is 10.0 Å². The van der Waals surface area contributed by atoms with E-state index in [0.29, 0.717) is 31.7 Å². The monoisotopic (exact) mass is 462 g/mol. The summed E-state index contributed by atoms with van der Waals surface area (Å²) in [5.74, 6) is -0.00660. The number of nitrogens with zero attached hydrogens (tertiary/aromatic N) is 2. The minimum Gasteiger partial charge on any atom is -0.336 e. The number of fused-ring (bicyclic) bond motifs is 1. The van der Waals surface area contributed by atoms with Gasteiger partial charge >= 0.3 is 0 Å². The van der Waals surface area contributed by atoms with Crippen LogP contribution in [0.4, 0.5) is 0 Å². The van der Waals surface area contributed by atoms with Crippen molar-refractivity contribution in [2.24, 2.45) is 0 Å². The number of carbonyl (C=O) groups excluding carboxylic acids is 1. The molecule has 1 saturated heterocycles. The lowest BCUT2D eigenvalue weighted by molar-refractivity contribution is 0.0697. The van der Waals surface area contributed by atoms with E-state index in [1.165, 1.54) is 28.3 Å². The number of hydrogen-bond acceptors (Lipinski definition) is 3. The lowest BCUT2D eigenvalue weighted by Crippen LogP contribution is -2.50. The van der Waals surface area contributed by atoms with Crippen molar-refractivity contribution in [2.75, 3.05) is 26.2 Å². The Bertz CT molecular complexity index is 998. The first-order valence-electron chi connectivity index (χ1n) is 9.62. The Kier molecular flexibility index (Phi) is 5.58. The van der Waals surface area contributed by atoms with Crippen molar-refractivity contribution in [1.82, 2.24) is 9.21 Å². The third-order valence-electron chi connectivity index (χ3n) is 5.56. The molecule has 0 aromatic heterocycles. The van der Waals surface area contributed by atoms with Gasteiger partial charge in [-0.1, -0.05) is 28.1 Å². The molecule has 0 unspecified atom stereocenters. The largest absolute Gasteiger partial charge is 0.336 e. The fourth-order valence-electron chi connectivity index (χ4n) is 3.96. The van der Waals surface area contributed by atoms with E-state index in [2.05, 4.69) is 22.0 Å². The van der Waals surface area contributed by atoms with Gasteiger partial charge in [0.05, 0.1) is 4.90 Å². The molecule has 0 N–H and O–H groups in total. The van der Waals surface area contributed by atoms with Crippen LogP contribution in [0.5, 0.6) is 0 Å². The number of amides is 1. The molecule has 0 radical (unpaired) electrons. The van der Waals surface area contributed by atoms with Crippen molar-refractivity contribution < 1.29 is 13.2 Å². The highest BCUT2D eigenvalue weighted by atomic mass is 79.9. The molecular weight excluding hydrogens is 440 g/mol. The molecule has 2 aromatic carbocycles. The van der Waals surface area contributed by atoms with Gasteiger partial charge in [0.1, 0.15) is 0 Å². The summed E-state index contributed by atoms with van der Waals surface area (Å²) >= 11 is 3.32. The van der Waals surface area contributed by atoms with Crippen LogP contribution in [0.25, 0.3) is 0 Å². The Balaban J connectivity index is 1.44. The molecule has 2 aromatic rings. The Morgan fingerprint density at radius 3 is 2.32 bits per heavy atom. The van der Waals surface area contributed by atoms with Crippen LogP contribution in [0.2, 0.25) is 0 Å². The predicted molar refractivity (Wildman–Crippen MR) is 112 cm³/mol. The van der Waals surface area contributed by atoms with Crippen LogP contribution in [0.3, 0.4) is 0 Å². The third-order valence-corrected chi connectivity index (χ3v) is 7.94. The molecule has 7 heteroatoms. The zero-order valence-corrected chi connectivity index (χ0v) is 18.0. The molecule has 5 nitrogen and oxygen atoms in total. The second-order valence-electron chi connectivity index (χ2n) is 7.34. The molecule has 0 spiro atoms. The summed E-state index contributed by atoms with van der Waals surface area (Å²) in [4.78, 5) is 14.9. The number of hydrogen-bond donors (Lipinski definition) is 0. The smallest absolute Gasteiger partial charge is 0.253 e. The molecule has 1 amide bonds. The van der Waals surface area contributed by atoms with Crippen LogP contribution in [-0.2, 0) is 22.9 Å². The number of sulfonamides is 1. The Morgan fingerprint density at radius 1 is 0.893 bits per heavy atom. The van der Waals surface area contributed by atoms with Gasteiger partial charge in [-0.3, -0.25) is 4.79 Å². The van der Waals surface area contributed by atoms with Crippen LogP contribution >= 0.6 is 15.9 Å². The first-order chi connectivity index (χ1) is 13.4. The SMILES string of the molecule is O=C(c1ccc2c(c1)CCCC2)N1CCN(S(=O)(=O)c2cccc(Br)c2)CC1. The summed E-state index contributed by atoms with van der Waals surface area (Å²) in [6.45, 7) is 1.43. The molecule has 4 rings (SSSR count). The highest BCUT2D eigenvalue weighted by Crippen LogP contribution is 2.24. The van der Waals surface area contributed by atoms with Crippen LogP contribution in [-0.4, -0.2) is 49.7 Å². The van der Waals surface area contributed by atoms with E-state index in [-0.39, 0.29) is 10.8 Å². The molecule has 0 saturated carbocycles. The number of carbonyl (C=O) groups is 1. The predicted octanol–water partition coefficient (Wildman–Crippen LogP) is 3.47. The molecule has 0 bridgehead atoms. The number of aryl methyl sites for hydroxylation is 2. The van der Waals surface area contributed by atoms with Crippen molar-refractivity contribution in [1.29, 1.82) is 0 Å². The quantitative estimate of drug-likeness (QED) is 0.701. The van der Waals surface area contributed by atoms with E-state index >= 15 is 0 Å². The molecule has 2 aliphatic rings. The Morgan fingerprint density at radius 2 is 1.61 bits per heavy atom. The van der Waals surface area contributed by atoms with Gasteiger partial charge in [0.25, 0.3) is 5.91 Å². The Hall–Kier alpha value is -1.70. The zero-order valence-electron chi connectivity index (χ0n) is 15.6. The first kappa shape index (κ1) is 19.6. The minimum absolute atomic E-state index is 0.00660.